The Morgan fingerprint density at radius 2 is 1.79 bits per heavy atom. The smallest absolute Gasteiger partial charge is 0.150 e. The molecule has 0 spiro atoms. The third-order valence-electron chi connectivity index (χ3n) is 2.43. The van der Waals surface area contributed by atoms with E-state index in [2.05, 4.69) is 0 Å². The number of aldehydes is 1. The highest BCUT2D eigenvalue weighted by atomic mass is 19.1. The van der Waals surface area contributed by atoms with Gasteiger partial charge in [0.2, 0.25) is 0 Å². The summed E-state index contributed by atoms with van der Waals surface area (Å²) in [6, 6.07) is 6.39. The van der Waals surface area contributed by atoms with E-state index in [0.717, 1.165) is 30.3 Å². The van der Waals surface area contributed by atoms with E-state index >= 15 is 0 Å². The van der Waals surface area contributed by atoms with Crippen LogP contribution in [0, 0.1) is 17.5 Å². The van der Waals surface area contributed by atoms with E-state index in [-0.39, 0.29) is 23.5 Å². The fourth-order valence-electron chi connectivity index (χ4n) is 1.55. The predicted octanol–water partition coefficient (Wildman–Crippen LogP) is 3.50. The first-order valence-corrected chi connectivity index (χ1v) is 5.41. The van der Waals surface area contributed by atoms with Gasteiger partial charge in [-0.15, -0.1) is 0 Å². The van der Waals surface area contributed by atoms with Gasteiger partial charge in [0.15, 0.2) is 0 Å². The molecule has 0 N–H and O–H groups in total. The summed E-state index contributed by atoms with van der Waals surface area (Å²) in [7, 11) is 0. The van der Waals surface area contributed by atoms with Crippen LogP contribution in [0.1, 0.15) is 15.9 Å². The van der Waals surface area contributed by atoms with E-state index in [1.54, 1.807) is 0 Å². The van der Waals surface area contributed by atoms with Gasteiger partial charge in [-0.2, -0.15) is 0 Å². The van der Waals surface area contributed by atoms with Crippen molar-refractivity contribution in [2.24, 2.45) is 0 Å². The number of benzene rings is 2. The van der Waals surface area contributed by atoms with Gasteiger partial charge in [-0.3, -0.25) is 4.79 Å². The average Bonchev–Trinajstić information content (AvgIpc) is 2.39. The lowest BCUT2D eigenvalue weighted by Crippen LogP contribution is -2.00. The molecule has 98 valence electrons. The zero-order valence-corrected chi connectivity index (χ0v) is 9.70. The molecule has 0 fully saturated rings. The Morgan fingerprint density at radius 1 is 1.00 bits per heavy atom. The minimum atomic E-state index is -0.640. The highest BCUT2D eigenvalue weighted by Gasteiger charge is 2.06. The SMILES string of the molecule is O=Cc1cc(F)cc(OCc2cc(F)ccc2F)c1. The molecular weight excluding hydrogens is 257 g/mol. The zero-order valence-electron chi connectivity index (χ0n) is 9.70. The molecule has 0 amide bonds. The van der Waals surface area contributed by atoms with Gasteiger partial charge >= 0.3 is 0 Å². The van der Waals surface area contributed by atoms with Crippen LogP contribution in [-0.2, 0) is 6.61 Å². The first-order valence-electron chi connectivity index (χ1n) is 5.41. The minimum Gasteiger partial charge on any atom is -0.489 e. The van der Waals surface area contributed by atoms with Gasteiger partial charge in [-0.25, -0.2) is 13.2 Å². The maximum absolute atomic E-state index is 13.3. The lowest BCUT2D eigenvalue weighted by molar-refractivity contribution is 0.112. The standard InChI is InChI=1S/C14H9F3O2/c15-11-1-2-14(17)10(5-11)8-19-13-4-9(7-18)3-12(16)6-13/h1-7H,8H2. The minimum absolute atomic E-state index is 0.0110. The maximum Gasteiger partial charge on any atom is 0.150 e. The van der Waals surface area contributed by atoms with Gasteiger partial charge in [0.1, 0.15) is 36.1 Å². The monoisotopic (exact) mass is 266 g/mol. The van der Waals surface area contributed by atoms with E-state index < -0.39 is 17.5 Å². The molecule has 0 aliphatic carbocycles. The number of carbonyl (C=O) groups excluding carboxylic acids is 1. The predicted molar refractivity (Wildman–Crippen MR) is 62.5 cm³/mol. The summed E-state index contributed by atoms with van der Waals surface area (Å²) in [5, 5.41) is 0. The molecule has 0 atom stereocenters. The van der Waals surface area contributed by atoms with Gasteiger partial charge in [0.25, 0.3) is 0 Å². The highest BCUT2D eigenvalue weighted by Crippen LogP contribution is 2.18. The van der Waals surface area contributed by atoms with Gasteiger partial charge < -0.3 is 4.74 Å². The summed E-state index contributed by atoms with van der Waals surface area (Å²) in [6.45, 7) is -0.259. The van der Waals surface area contributed by atoms with Crippen LogP contribution in [0.2, 0.25) is 0 Å². The molecule has 0 bridgehead atoms. The molecule has 2 aromatic carbocycles. The van der Waals surface area contributed by atoms with E-state index in [1.807, 2.05) is 0 Å². The molecule has 0 radical (unpaired) electrons. The van der Waals surface area contributed by atoms with Crippen LogP contribution in [-0.4, -0.2) is 6.29 Å². The van der Waals surface area contributed by atoms with E-state index in [0.29, 0.717) is 6.29 Å². The van der Waals surface area contributed by atoms with Crippen molar-refractivity contribution in [2.45, 2.75) is 6.61 Å². The van der Waals surface area contributed by atoms with Crippen molar-refractivity contribution in [3.8, 4) is 5.75 Å². The molecule has 0 saturated heterocycles. The number of ether oxygens (including phenoxy) is 1. The molecule has 0 heterocycles. The van der Waals surface area contributed by atoms with Crippen LogP contribution in [0.25, 0.3) is 0 Å². The van der Waals surface area contributed by atoms with Crippen molar-refractivity contribution in [3.05, 3.63) is 65.0 Å². The zero-order chi connectivity index (χ0) is 13.8. The Morgan fingerprint density at radius 3 is 2.53 bits per heavy atom. The number of hydrogen-bond donors (Lipinski definition) is 0. The quantitative estimate of drug-likeness (QED) is 0.792. The van der Waals surface area contributed by atoms with Crippen molar-refractivity contribution in [1.29, 1.82) is 0 Å². The molecule has 2 nitrogen and oxygen atoms in total. The van der Waals surface area contributed by atoms with Crippen molar-refractivity contribution in [2.75, 3.05) is 0 Å². The first-order chi connectivity index (χ1) is 9.08. The van der Waals surface area contributed by atoms with Crippen molar-refractivity contribution < 1.29 is 22.7 Å². The van der Waals surface area contributed by atoms with Crippen LogP contribution in [0.4, 0.5) is 13.2 Å². The maximum atomic E-state index is 13.3. The van der Waals surface area contributed by atoms with Crippen molar-refractivity contribution in [1.82, 2.24) is 0 Å². The number of carbonyl (C=O) groups is 1. The Balaban J connectivity index is 2.16. The summed E-state index contributed by atoms with van der Waals surface area (Å²) >= 11 is 0. The topological polar surface area (TPSA) is 26.3 Å². The molecule has 0 unspecified atom stereocenters. The van der Waals surface area contributed by atoms with Gasteiger partial charge in [0.05, 0.1) is 0 Å². The Kier molecular flexibility index (Phi) is 3.85. The molecule has 0 saturated carbocycles. The van der Waals surface area contributed by atoms with Crippen molar-refractivity contribution >= 4 is 6.29 Å². The molecule has 0 aliphatic rings. The molecule has 2 aromatic rings. The van der Waals surface area contributed by atoms with Gasteiger partial charge in [-0.1, -0.05) is 0 Å². The molecule has 2 rings (SSSR count). The third kappa shape index (κ3) is 3.34. The van der Waals surface area contributed by atoms with Crippen molar-refractivity contribution in [3.63, 3.8) is 0 Å². The van der Waals surface area contributed by atoms with Crippen LogP contribution in [0.3, 0.4) is 0 Å². The summed E-state index contributed by atoms with van der Waals surface area (Å²) < 4.78 is 44.5. The number of rotatable bonds is 4. The lowest BCUT2D eigenvalue weighted by atomic mass is 10.2. The number of hydrogen-bond acceptors (Lipinski definition) is 2. The second kappa shape index (κ2) is 5.56. The Labute approximate surface area is 107 Å². The van der Waals surface area contributed by atoms with Crippen LogP contribution in [0.5, 0.6) is 5.75 Å². The summed E-state index contributed by atoms with van der Waals surface area (Å²) in [4.78, 5) is 10.6. The molecule has 5 heteroatoms. The van der Waals surface area contributed by atoms with Gasteiger partial charge in [-0.05, 0) is 30.3 Å². The lowest BCUT2D eigenvalue weighted by Gasteiger charge is -2.08. The fraction of sp³-hybridized carbons (Fsp3) is 0.0714. The Bertz CT molecular complexity index is 612. The molecule has 0 aliphatic heterocycles. The second-order valence-corrected chi connectivity index (χ2v) is 3.86. The summed E-state index contributed by atoms with van der Waals surface area (Å²) in [6.07, 6.45) is 0.471. The largest absolute Gasteiger partial charge is 0.489 e. The normalized spacial score (nSPS) is 10.3. The molecule has 0 aromatic heterocycles. The van der Waals surface area contributed by atoms with Crippen LogP contribution in [0.15, 0.2) is 36.4 Å². The summed E-state index contributed by atoms with van der Waals surface area (Å²) in [5.74, 6) is -1.77. The first kappa shape index (κ1) is 13.1. The van der Waals surface area contributed by atoms with E-state index in [1.165, 1.54) is 6.07 Å². The fourth-order valence-corrected chi connectivity index (χ4v) is 1.55. The van der Waals surface area contributed by atoms with Gasteiger partial charge in [0, 0.05) is 17.2 Å². The van der Waals surface area contributed by atoms with E-state index in [4.69, 9.17) is 4.74 Å². The average molecular weight is 266 g/mol. The Hall–Kier alpha value is -2.30. The van der Waals surface area contributed by atoms with Crippen LogP contribution < -0.4 is 4.74 Å². The van der Waals surface area contributed by atoms with E-state index in [9.17, 15) is 18.0 Å². The summed E-state index contributed by atoms with van der Waals surface area (Å²) in [5.41, 5.74) is 0.117. The highest BCUT2D eigenvalue weighted by molar-refractivity contribution is 5.75. The second-order valence-electron chi connectivity index (χ2n) is 3.86. The molecule has 19 heavy (non-hydrogen) atoms. The molecular formula is C14H9F3O2. The number of halogens is 3. The van der Waals surface area contributed by atoms with Crippen LogP contribution >= 0.6 is 0 Å². The third-order valence-corrected chi connectivity index (χ3v) is 2.43.